The fraction of sp³-hybridized carbons (Fsp3) is 0.345. The summed E-state index contributed by atoms with van der Waals surface area (Å²) < 4.78 is 118. The van der Waals surface area contributed by atoms with Gasteiger partial charge in [0.25, 0.3) is 5.91 Å². The van der Waals surface area contributed by atoms with E-state index in [0.717, 1.165) is 0 Å². The summed E-state index contributed by atoms with van der Waals surface area (Å²) in [7, 11) is 0. The molecule has 44 heavy (non-hydrogen) atoms. The van der Waals surface area contributed by atoms with Crippen LogP contribution in [0.1, 0.15) is 16.7 Å². The summed E-state index contributed by atoms with van der Waals surface area (Å²) in [6, 6.07) is 13.2. The van der Waals surface area contributed by atoms with Crippen LogP contribution in [0.3, 0.4) is 0 Å². The Kier molecular flexibility index (Phi) is 10.4. The smallest absolute Gasteiger partial charge is 0.416 e. The second-order valence-corrected chi connectivity index (χ2v) is 9.39. The Bertz CT molecular complexity index is 1330. The van der Waals surface area contributed by atoms with Gasteiger partial charge < -0.3 is 28.4 Å². The van der Waals surface area contributed by atoms with Crippen molar-refractivity contribution in [2.45, 2.75) is 18.0 Å². The number of hydrogen-bond donors (Lipinski definition) is 2. The fourth-order valence-electron chi connectivity index (χ4n) is 4.12. The van der Waals surface area contributed by atoms with E-state index in [0.29, 0.717) is 12.1 Å². The Labute approximate surface area is 247 Å². The number of rotatable bonds is 4. The number of amides is 1. The molecule has 0 atom stereocenters. The molecule has 1 amide bonds. The average molecular weight is 632 g/mol. The Hall–Kier alpha value is -4.21. The number of hydroxylamine groups is 1. The maximum absolute atomic E-state index is 13.9. The summed E-state index contributed by atoms with van der Waals surface area (Å²) in [5.41, 5.74) is -4.92. The zero-order chi connectivity index (χ0) is 31.8. The summed E-state index contributed by atoms with van der Waals surface area (Å²) >= 11 is 0. The van der Waals surface area contributed by atoms with Crippen molar-refractivity contribution < 1.29 is 64.8 Å². The van der Waals surface area contributed by atoms with Gasteiger partial charge >= 0.3 is 12.4 Å². The number of carbonyl (C=O) groups is 1. The number of nitrogens with one attached hydrogen (secondary N) is 1. The molecule has 0 aliphatic carbocycles. The highest BCUT2D eigenvalue weighted by atomic mass is 19.4. The molecule has 1 heterocycles. The molecule has 0 radical (unpaired) electrons. The van der Waals surface area contributed by atoms with Gasteiger partial charge in [-0.15, -0.1) is 0 Å². The Morgan fingerprint density at radius 2 is 1.16 bits per heavy atom. The molecule has 0 aromatic heterocycles. The van der Waals surface area contributed by atoms with Crippen LogP contribution in [0.25, 0.3) is 0 Å². The maximum atomic E-state index is 13.9. The molecule has 3 aromatic carbocycles. The van der Waals surface area contributed by atoms with Crippen molar-refractivity contribution in [1.29, 1.82) is 0 Å². The van der Waals surface area contributed by atoms with Gasteiger partial charge in [-0.25, -0.2) is 5.48 Å². The zero-order valence-electron chi connectivity index (χ0n) is 22.9. The lowest BCUT2D eigenvalue weighted by molar-refractivity contribution is -0.151. The largest absolute Gasteiger partial charge is 0.487 e. The van der Waals surface area contributed by atoms with Crippen LogP contribution in [0.5, 0.6) is 23.0 Å². The topological polar surface area (TPSA) is 105 Å². The van der Waals surface area contributed by atoms with E-state index in [9.17, 15) is 31.1 Å². The quantitative estimate of drug-likeness (QED) is 0.225. The first-order chi connectivity index (χ1) is 20.9. The summed E-state index contributed by atoms with van der Waals surface area (Å²) in [5, 5.41) is 9.06. The number of para-hydroxylation sites is 4. The van der Waals surface area contributed by atoms with Gasteiger partial charge in [0.1, 0.15) is 33.0 Å². The van der Waals surface area contributed by atoms with Crippen LogP contribution in [0.15, 0.2) is 66.7 Å². The maximum Gasteiger partial charge on any atom is 0.416 e. The third-order valence-electron chi connectivity index (χ3n) is 6.31. The van der Waals surface area contributed by atoms with E-state index < -0.39 is 60.4 Å². The average Bonchev–Trinajstić information content (AvgIpc) is 2.99. The number of carbonyl (C=O) groups excluding carboxylic acids is 1. The predicted octanol–water partition coefficient (Wildman–Crippen LogP) is 5.39. The van der Waals surface area contributed by atoms with Gasteiger partial charge in [0.15, 0.2) is 28.6 Å². The van der Waals surface area contributed by atoms with Gasteiger partial charge in [-0.05, 0) is 48.0 Å². The number of halogens is 6. The molecule has 0 fully saturated rings. The van der Waals surface area contributed by atoms with Crippen molar-refractivity contribution in [2.24, 2.45) is 0 Å². The summed E-state index contributed by atoms with van der Waals surface area (Å²) in [4.78, 5) is 12.0. The van der Waals surface area contributed by atoms with Crippen LogP contribution in [-0.4, -0.2) is 57.4 Å². The van der Waals surface area contributed by atoms with Gasteiger partial charge in [0.05, 0.1) is 24.3 Å². The summed E-state index contributed by atoms with van der Waals surface area (Å²) in [6.45, 7) is -2.10. The number of benzene rings is 3. The zero-order valence-corrected chi connectivity index (χ0v) is 22.9. The van der Waals surface area contributed by atoms with Crippen LogP contribution >= 0.6 is 0 Å². The van der Waals surface area contributed by atoms with Gasteiger partial charge in [0, 0.05) is 0 Å². The molecule has 9 nitrogen and oxygen atoms in total. The van der Waals surface area contributed by atoms with Crippen LogP contribution in [0.2, 0.25) is 0 Å². The monoisotopic (exact) mass is 631 g/mol. The molecule has 15 heteroatoms. The van der Waals surface area contributed by atoms with E-state index in [4.69, 9.17) is 33.6 Å². The molecule has 1 aliphatic heterocycles. The lowest BCUT2D eigenvalue weighted by Crippen LogP contribution is -2.45. The van der Waals surface area contributed by atoms with Gasteiger partial charge in [-0.3, -0.25) is 10.0 Å². The molecule has 1 aliphatic rings. The van der Waals surface area contributed by atoms with E-state index in [1.807, 2.05) is 0 Å². The Morgan fingerprint density at radius 3 is 1.57 bits per heavy atom. The lowest BCUT2D eigenvalue weighted by atomic mass is 9.91. The second-order valence-electron chi connectivity index (χ2n) is 9.39. The minimum absolute atomic E-state index is 0.0385. The number of ether oxygens (including phenoxy) is 6. The highest BCUT2D eigenvalue weighted by molar-refractivity contribution is 5.75. The molecular formula is C29H27F6NO8. The first-order valence-electron chi connectivity index (χ1n) is 13.1. The Balaban J connectivity index is 1.89. The summed E-state index contributed by atoms with van der Waals surface area (Å²) in [6.07, 6.45) is -10.4. The molecule has 0 bridgehead atoms. The van der Waals surface area contributed by atoms with Crippen LogP contribution in [-0.2, 0) is 32.2 Å². The van der Waals surface area contributed by atoms with Gasteiger partial charge in [-0.2, -0.15) is 26.3 Å². The first kappa shape index (κ1) is 32.7. The molecule has 4 rings (SSSR count). The van der Waals surface area contributed by atoms with E-state index >= 15 is 0 Å². The number of fused-ring (bicyclic) bond motifs is 2. The molecular weight excluding hydrogens is 604 g/mol. The molecule has 0 spiro atoms. The molecule has 0 saturated heterocycles. The fourth-order valence-corrected chi connectivity index (χ4v) is 4.12. The molecule has 3 aromatic rings. The Morgan fingerprint density at radius 1 is 0.727 bits per heavy atom. The predicted molar refractivity (Wildman–Crippen MR) is 140 cm³/mol. The third-order valence-corrected chi connectivity index (χ3v) is 6.31. The van der Waals surface area contributed by atoms with Crippen molar-refractivity contribution in [3.05, 3.63) is 83.4 Å². The van der Waals surface area contributed by atoms with Gasteiger partial charge in [-0.1, -0.05) is 24.3 Å². The molecule has 0 unspecified atom stereocenters. The van der Waals surface area contributed by atoms with Crippen molar-refractivity contribution in [3.8, 4) is 23.0 Å². The minimum Gasteiger partial charge on any atom is -0.487 e. The van der Waals surface area contributed by atoms with E-state index in [1.54, 1.807) is 24.3 Å². The molecule has 2 N–H and O–H groups in total. The first-order valence-corrected chi connectivity index (χ1v) is 13.1. The normalized spacial score (nSPS) is 16.2. The highest BCUT2D eigenvalue weighted by Crippen LogP contribution is 2.41. The number of alkyl halides is 6. The highest BCUT2D eigenvalue weighted by Gasteiger charge is 2.43. The van der Waals surface area contributed by atoms with E-state index in [-0.39, 0.29) is 55.5 Å². The molecule has 238 valence electrons. The molecule has 0 saturated carbocycles. The van der Waals surface area contributed by atoms with Crippen LogP contribution in [0.4, 0.5) is 26.3 Å². The van der Waals surface area contributed by atoms with E-state index in [1.165, 1.54) is 29.7 Å². The minimum atomic E-state index is -5.19. The van der Waals surface area contributed by atoms with Crippen LogP contribution < -0.4 is 24.4 Å². The van der Waals surface area contributed by atoms with Crippen molar-refractivity contribution >= 4 is 5.91 Å². The lowest BCUT2D eigenvalue weighted by Gasteiger charge is -2.35. The van der Waals surface area contributed by atoms with Crippen LogP contribution in [0, 0.1) is 0 Å². The number of hydrogen-bond acceptors (Lipinski definition) is 8. The third kappa shape index (κ3) is 8.45. The SMILES string of the molecule is O=C(COC1(c2cc(C(F)(F)F)cc(C(F)(F)F)c2)COc2ccccc2OCCOCCOc2ccccc2OC1)NO. The summed E-state index contributed by atoms with van der Waals surface area (Å²) in [5.74, 6) is -0.649. The van der Waals surface area contributed by atoms with Gasteiger partial charge in [0.2, 0.25) is 0 Å². The van der Waals surface area contributed by atoms with E-state index in [2.05, 4.69) is 0 Å². The van der Waals surface area contributed by atoms with Crippen molar-refractivity contribution in [1.82, 2.24) is 5.48 Å². The van der Waals surface area contributed by atoms with Crippen molar-refractivity contribution in [2.75, 3.05) is 46.2 Å². The standard InChI is InChI=1S/C29H27F6NO8/c30-28(31,32)20-13-19(14-21(15-20)29(33,34)35)27(44-16-26(37)36-38)17-42-24-7-3-1-5-22(24)40-11-9-39-10-12-41-23-6-2-4-8-25(23)43-18-27/h1-8,13-15,38H,9-12,16-18H2,(H,36,37). The second kappa shape index (κ2) is 14.1. The van der Waals surface area contributed by atoms with Crippen molar-refractivity contribution in [3.63, 3.8) is 0 Å².